The van der Waals surface area contributed by atoms with Gasteiger partial charge in [-0.2, -0.15) is 4.31 Å². The second-order valence-electron chi connectivity index (χ2n) is 6.90. The van der Waals surface area contributed by atoms with E-state index in [-0.39, 0.29) is 56.5 Å². The van der Waals surface area contributed by atoms with E-state index >= 15 is 0 Å². The van der Waals surface area contributed by atoms with Crippen LogP contribution in [0.25, 0.3) is 0 Å². The summed E-state index contributed by atoms with van der Waals surface area (Å²) >= 11 is 0. The molecule has 0 saturated carbocycles. The number of carbonyl (C=O) groups is 1. The predicted octanol–water partition coefficient (Wildman–Crippen LogP) is 1.65. The molecule has 0 atom stereocenters. The van der Waals surface area contributed by atoms with Crippen molar-refractivity contribution in [3.8, 4) is 11.5 Å². The molecule has 10 nitrogen and oxygen atoms in total. The minimum absolute atomic E-state index is 0.00187. The Morgan fingerprint density at radius 2 is 1.65 bits per heavy atom. The Morgan fingerprint density at radius 1 is 1.03 bits per heavy atom. The van der Waals surface area contributed by atoms with Crippen LogP contribution in [0, 0.1) is 15.9 Å². The van der Waals surface area contributed by atoms with Gasteiger partial charge >= 0.3 is 0 Å². The van der Waals surface area contributed by atoms with Gasteiger partial charge in [-0.3, -0.25) is 14.9 Å². The number of hydrogen-bond donors (Lipinski definition) is 0. The van der Waals surface area contributed by atoms with Gasteiger partial charge in [0.1, 0.15) is 29.5 Å². The number of fused-ring (bicyclic) bond motifs is 1. The number of benzene rings is 2. The zero-order chi connectivity index (χ0) is 22.2. The molecule has 31 heavy (non-hydrogen) atoms. The minimum atomic E-state index is -4.06. The van der Waals surface area contributed by atoms with Gasteiger partial charge in [-0.25, -0.2) is 12.8 Å². The molecule has 0 bridgehead atoms. The summed E-state index contributed by atoms with van der Waals surface area (Å²) in [6, 6.07) is 7.49. The zero-order valence-electron chi connectivity index (χ0n) is 16.2. The smallest absolute Gasteiger partial charge is 0.286 e. The molecular formula is C19H18FN3O7S. The summed E-state index contributed by atoms with van der Waals surface area (Å²) in [6.07, 6.45) is 0. The summed E-state index contributed by atoms with van der Waals surface area (Å²) < 4.78 is 51.3. The number of piperazine rings is 1. The molecule has 2 heterocycles. The van der Waals surface area contributed by atoms with Crippen LogP contribution in [0.3, 0.4) is 0 Å². The Labute approximate surface area is 177 Å². The number of sulfonamides is 1. The van der Waals surface area contributed by atoms with E-state index in [1.807, 2.05) is 0 Å². The third-order valence-electron chi connectivity index (χ3n) is 5.07. The lowest BCUT2D eigenvalue weighted by Gasteiger charge is -2.34. The number of nitrogens with zero attached hydrogens (tertiary/aromatic N) is 3. The first-order valence-electron chi connectivity index (χ1n) is 9.41. The van der Waals surface area contributed by atoms with Gasteiger partial charge in [0.15, 0.2) is 11.5 Å². The van der Waals surface area contributed by atoms with Gasteiger partial charge in [0.05, 0.1) is 11.0 Å². The maximum Gasteiger partial charge on any atom is 0.286 e. The van der Waals surface area contributed by atoms with Crippen molar-refractivity contribution >= 4 is 21.6 Å². The summed E-state index contributed by atoms with van der Waals surface area (Å²) in [5.74, 6) is -1.05. The van der Waals surface area contributed by atoms with Crippen molar-refractivity contribution in [3.63, 3.8) is 0 Å². The molecule has 2 aromatic rings. The van der Waals surface area contributed by atoms with Crippen LogP contribution in [0.2, 0.25) is 0 Å². The first-order valence-corrected chi connectivity index (χ1v) is 10.8. The Morgan fingerprint density at radius 3 is 2.26 bits per heavy atom. The molecule has 0 radical (unpaired) electrons. The van der Waals surface area contributed by atoms with Gasteiger partial charge in [0.25, 0.3) is 11.6 Å². The van der Waals surface area contributed by atoms with Crippen molar-refractivity contribution in [1.82, 2.24) is 9.21 Å². The van der Waals surface area contributed by atoms with E-state index in [1.54, 1.807) is 0 Å². The number of halogens is 1. The normalized spacial score (nSPS) is 16.7. The van der Waals surface area contributed by atoms with Gasteiger partial charge in [0.2, 0.25) is 10.0 Å². The Bertz CT molecular complexity index is 1150. The standard InChI is InChI=1S/C19H18FN3O7S/c20-14-3-1-2-4-18(14)31(27,28)22-7-5-21(6-8-22)19(24)13-11-16-17(30-10-9-29-16)12-15(13)23(25)26/h1-4,11-12H,5-10H2. The molecule has 12 heteroatoms. The highest BCUT2D eigenvalue weighted by Gasteiger charge is 2.34. The molecule has 0 aromatic heterocycles. The highest BCUT2D eigenvalue weighted by atomic mass is 32.2. The quantitative estimate of drug-likeness (QED) is 0.512. The second-order valence-corrected chi connectivity index (χ2v) is 8.80. The van der Waals surface area contributed by atoms with E-state index in [0.29, 0.717) is 0 Å². The highest BCUT2D eigenvalue weighted by Crippen LogP contribution is 2.37. The molecule has 0 aliphatic carbocycles. The van der Waals surface area contributed by atoms with E-state index in [1.165, 1.54) is 29.2 Å². The Balaban J connectivity index is 1.54. The van der Waals surface area contributed by atoms with Gasteiger partial charge in [-0.15, -0.1) is 0 Å². The van der Waals surface area contributed by atoms with Crippen LogP contribution in [0.4, 0.5) is 10.1 Å². The van der Waals surface area contributed by atoms with E-state index in [2.05, 4.69) is 0 Å². The van der Waals surface area contributed by atoms with Crippen molar-refractivity contribution in [2.24, 2.45) is 0 Å². The average Bonchev–Trinajstić information content (AvgIpc) is 2.78. The first-order chi connectivity index (χ1) is 14.8. The molecule has 1 saturated heterocycles. The van der Waals surface area contributed by atoms with Crippen molar-refractivity contribution in [3.05, 3.63) is 57.9 Å². The molecule has 0 spiro atoms. The van der Waals surface area contributed by atoms with Crippen LogP contribution in [0.1, 0.15) is 10.4 Å². The monoisotopic (exact) mass is 451 g/mol. The topological polar surface area (TPSA) is 119 Å². The third kappa shape index (κ3) is 3.91. The predicted molar refractivity (Wildman–Crippen MR) is 105 cm³/mol. The van der Waals surface area contributed by atoms with Crippen molar-refractivity contribution < 1.29 is 32.0 Å². The minimum Gasteiger partial charge on any atom is -0.486 e. The lowest BCUT2D eigenvalue weighted by molar-refractivity contribution is -0.385. The van der Waals surface area contributed by atoms with E-state index in [4.69, 9.17) is 9.47 Å². The fourth-order valence-corrected chi connectivity index (χ4v) is 4.98. The summed E-state index contributed by atoms with van der Waals surface area (Å²) in [7, 11) is -4.06. The largest absolute Gasteiger partial charge is 0.486 e. The van der Waals surface area contributed by atoms with Gasteiger partial charge < -0.3 is 14.4 Å². The lowest BCUT2D eigenvalue weighted by atomic mass is 10.1. The summed E-state index contributed by atoms with van der Waals surface area (Å²) in [5, 5.41) is 11.5. The molecule has 2 aliphatic rings. The van der Waals surface area contributed by atoms with Gasteiger partial charge in [0, 0.05) is 32.2 Å². The number of hydrogen-bond acceptors (Lipinski definition) is 7. The van der Waals surface area contributed by atoms with E-state index < -0.39 is 37.3 Å². The fraction of sp³-hybridized carbons (Fsp3) is 0.316. The van der Waals surface area contributed by atoms with Gasteiger partial charge in [-0.05, 0) is 12.1 Å². The number of nitro groups is 1. The number of carbonyl (C=O) groups excluding carboxylic acids is 1. The zero-order valence-corrected chi connectivity index (χ0v) is 17.0. The first kappa shape index (κ1) is 21.0. The van der Waals surface area contributed by atoms with Crippen LogP contribution in [-0.2, 0) is 10.0 Å². The van der Waals surface area contributed by atoms with Crippen molar-refractivity contribution in [2.45, 2.75) is 4.90 Å². The number of ether oxygens (including phenoxy) is 2. The van der Waals surface area contributed by atoms with Crippen LogP contribution >= 0.6 is 0 Å². The molecule has 0 N–H and O–H groups in total. The highest BCUT2D eigenvalue weighted by molar-refractivity contribution is 7.89. The molecule has 2 aliphatic heterocycles. The second kappa shape index (κ2) is 8.12. The molecule has 0 unspecified atom stereocenters. The van der Waals surface area contributed by atoms with Crippen LogP contribution < -0.4 is 9.47 Å². The van der Waals surface area contributed by atoms with Crippen molar-refractivity contribution in [1.29, 1.82) is 0 Å². The van der Waals surface area contributed by atoms with E-state index in [9.17, 15) is 27.7 Å². The number of amides is 1. The summed E-state index contributed by atoms with van der Waals surface area (Å²) in [4.78, 5) is 24.7. The Hall–Kier alpha value is -3.25. The molecular weight excluding hydrogens is 433 g/mol. The summed E-state index contributed by atoms with van der Waals surface area (Å²) in [6.45, 7) is 0.360. The van der Waals surface area contributed by atoms with Crippen LogP contribution in [-0.4, -0.2) is 67.8 Å². The van der Waals surface area contributed by atoms with Crippen LogP contribution in [0.5, 0.6) is 11.5 Å². The van der Waals surface area contributed by atoms with E-state index in [0.717, 1.165) is 16.4 Å². The third-order valence-corrected chi connectivity index (χ3v) is 7.00. The maximum absolute atomic E-state index is 14.0. The maximum atomic E-state index is 14.0. The van der Waals surface area contributed by atoms with Crippen LogP contribution in [0.15, 0.2) is 41.3 Å². The lowest BCUT2D eigenvalue weighted by Crippen LogP contribution is -2.50. The average molecular weight is 451 g/mol. The number of rotatable bonds is 4. The van der Waals surface area contributed by atoms with Gasteiger partial charge in [-0.1, -0.05) is 12.1 Å². The van der Waals surface area contributed by atoms with Crippen molar-refractivity contribution in [2.75, 3.05) is 39.4 Å². The Kier molecular flexibility index (Phi) is 5.50. The molecule has 164 valence electrons. The summed E-state index contributed by atoms with van der Waals surface area (Å²) in [5.41, 5.74) is -0.588. The molecule has 2 aromatic carbocycles. The molecule has 1 amide bonds. The number of nitro benzene ring substituents is 1. The molecule has 1 fully saturated rings. The fourth-order valence-electron chi connectivity index (χ4n) is 3.50. The SMILES string of the molecule is O=C(c1cc2c(cc1[N+](=O)[O-])OCCO2)N1CCN(S(=O)(=O)c2ccccc2F)CC1. The molecule has 4 rings (SSSR count).